The Morgan fingerprint density at radius 1 is 1.59 bits per heavy atom. The highest BCUT2D eigenvalue weighted by molar-refractivity contribution is 8.14. The van der Waals surface area contributed by atoms with E-state index in [0.29, 0.717) is 15.8 Å². The van der Waals surface area contributed by atoms with Crippen LogP contribution in [-0.2, 0) is 0 Å². The van der Waals surface area contributed by atoms with Crippen molar-refractivity contribution in [2.24, 2.45) is 4.99 Å². The summed E-state index contributed by atoms with van der Waals surface area (Å²) in [5.41, 5.74) is 7.28. The number of amides is 1. The zero-order valence-electron chi connectivity index (χ0n) is 9.18. The van der Waals surface area contributed by atoms with Gasteiger partial charge in [0.25, 0.3) is 5.91 Å². The van der Waals surface area contributed by atoms with Gasteiger partial charge in [0.05, 0.1) is 16.0 Å². The second-order valence-corrected chi connectivity index (χ2v) is 5.01. The van der Waals surface area contributed by atoms with E-state index in [4.69, 9.17) is 11.6 Å². The van der Waals surface area contributed by atoms with E-state index in [0.717, 1.165) is 6.42 Å². The third-order valence-electron chi connectivity index (χ3n) is 2.22. The lowest BCUT2D eigenvalue weighted by atomic mass is 10.2. The fourth-order valence-electron chi connectivity index (χ4n) is 1.31. The predicted molar refractivity (Wildman–Crippen MR) is 70.2 cm³/mol. The first-order chi connectivity index (χ1) is 8.20. The molecule has 0 saturated carbocycles. The molecule has 1 heterocycles. The number of thioether (sulfide) groups is 1. The van der Waals surface area contributed by atoms with Crippen molar-refractivity contribution in [1.29, 1.82) is 0 Å². The van der Waals surface area contributed by atoms with Crippen molar-refractivity contribution in [3.05, 3.63) is 34.9 Å². The van der Waals surface area contributed by atoms with E-state index in [9.17, 15) is 4.79 Å². The largest absolute Gasteiger partial charge is 0.281 e. The van der Waals surface area contributed by atoms with Gasteiger partial charge in [-0.3, -0.25) is 4.79 Å². The minimum atomic E-state index is -0.361. The maximum absolute atomic E-state index is 11.8. The highest BCUT2D eigenvalue weighted by Crippen LogP contribution is 2.20. The fraction of sp³-hybridized carbons (Fsp3) is 0.273. The van der Waals surface area contributed by atoms with Gasteiger partial charge in [0.2, 0.25) is 5.17 Å². The highest BCUT2D eigenvalue weighted by Gasteiger charge is 2.22. The van der Waals surface area contributed by atoms with Crippen LogP contribution in [0.1, 0.15) is 23.7 Å². The van der Waals surface area contributed by atoms with Crippen LogP contribution < -0.4 is 10.9 Å². The van der Waals surface area contributed by atoms with Gasteiger partial charge in [0, 0.05) is 0 Å². The Morgan fingerprint density at radius 2 is 2.35 bits per heavy atom. The SMILES string of the molecule is CCC1N[N]C(=NC(=O)c2ccccc2Cl)S1. The van der Waals surface area contributed by atoms with Gasteiger partial charge < -0.3 is 0 Å². The van der Waals surface area contributed by atoms with E-state index in [1.807, 2.05) is 6.92 Å². The number of aliphatic imine (C=N–C) groups is 1. The molecule has 1 fully saturated rings. The van der Waals surface area contributed by atoms with E-state index in [-0.39, 0.29) is 11.3 Å². The smallest absolute Gasteiger partial charge is 0.267 e. The van der Waals surface area contributed by atoms with E-state index >= 15 is 0 Å². The van der Waals surface area contributed by atoms with Crippen LogP contribution in [-0.4, -0.2) is 16.4 Å². The molecule has 1 amide bonds. The van der Waals surface area contributed by atoms with Gasteiger partial charge >= 0.3 is 0 Å². The van der Waals surface area contributed by atoms with Crippen molar-refractivity contribution < 1.29 is 4.79 Å². The molecule has 0 aliphatic carbocycles. The van der Waals surface area contributed by atoms with Crippen LogP contribution >= 0.6 is 23.4 Å². The number of rotatable bonds is 2. The van der Waals surface area contributed by atoms with Gasteiger partial charge in [0.1, 0.15) is 0 Å². The maximum atomic E-state index is 11.8. The van der Waals surface area contributed by atoms with E-state index in [1.54, 1.807) is 24.3 Å². The number of carbonyl (C=O) groups excluding carboxylic acids is 1. The summed E-state index contributed by atoms with van der Waals surface area (Å²) in [4.78, 5) is 15.8. The molecule has 89 valence electrons. The van der Waals surface area contributed by atoms with Crippen molar-refractivity contribution in [2.75, 3.05) is 0 Å². The standard InChI is InChI=1S/C11H11ClN3OS/c1-2-9-14-15-11(17-9)13-10(16)7-5-3-4-6-8(7)12/h3-6,9,14H,2H2,1H3. The number of hydrogen-bond acceptors (Lipinski definition) is 3. The van der Waals surface area contributed by atoms with Crippen molar-refractivity contribution >= 4 is 34.4 Å². The summed E-state index contributed by atoms with van der Waals surface area (Å²) in [7, 11) is 0. The Morgan fingerprint density at radius 3 is 3.00 bits per heavy atom. The quantitative estimate of drug-likeness (QED) is 0.896. The predicted octanol–water partition coefficient (Wildman–Crippen LogP) is 2.43. The number of hydrogen-bond donors (Lipinski definition) is 1. The van der Waals surface area contributed by atoms with Crippen molar-refractivity contribution in [3.8, 4) is 0 Å². The number of nitrogens with one attached hydrogen (secondary N) is 1. The molecule has 1 aromatic rings. The summed E-state index contributed by atoms with van der Waals surface area (Å²) >= 11 is 7.37. The second-order valence-electron chi connectivity index (χ2n) is 3.44. The molecule has 1 unspecified atom stereocenters. The van der Waals surface area contributed by atoms with Crippen LogP contribution in [0.2, 0.25) is 5.02 Å². The number of benzene rings is 1. The lowest BCUT2D eigenvalue weighted by Crippen LogP contribution is -2.24. The van der Waals surface area contributed by atoms with Crippen LogP contribution in [0.25, 0.3) is 0 Å². The van der Waals surface area contributed by atoms with Gasteiger partial charge in [-0.1, -0.05) is 42.4 Å². The molecule has 1 radical (unpaired) electrons. The number of amidine groups is 1. The molecule has 1 saturated heterocycles. The fourth-order valence-corrected chi connectivity index (χ4v) is 2.30. The molecule has 0 spiro atoms. The van der Waals surface area contributed by atoms with Gasteiger partial charge in [-0.05, 0) is 18.6 Å². The van der Waals surface area contributed by atoms with Crippen LogP contribution in [0.4, 0.5) is 0 Å². The zero-order chi connectivity index (χ0) is 12.3. The first-order valence-electron chi connectivity index (χ1n) is 5.21. The molecule has 1 aromatic carbocycles. The third kappa shape index (κ3) is 3.00. The Hall–Kier alpha value is -1.04. The van der Waals surface area contributed by atoms with Crippen molar-refractivity contribution in [3.63, 3.8) is 0 Å². The van der Waals surface area contributed by atoms with Crippen LogP contribution in [0.15, 0.2) is 29.3 Å². The maximum Gasteiger partial charge on any atom is 0.281 e. The molecular weight excluding hydrogens is 258 g/mol. The highest BCUT2D eigenvalue weighted by atomic mass is 35.5. The average Bonchev–Trinajstić information content (AvgIpc) is 2.77. The molecular formula is C11H11ClN3OS. The molecule has 1 aliphatic rings. The van der Waals surface area contributed by atoms with Crippen molar-refractivity contribution in [1.82, 2.24) is 10.9 Å². The number of nitrogens with zero attached hydrogens (tertiary/aromatic N) is 2. The van der Waals surface area contributed by atoms with Gasteiger partial charge in [-0.15, -0.1) is 0 Å². The topological polar surface area (TPSA) is 55.6 Å². The van der Waals surface area contributed by atoms with Gasteiger partial charge in [-0.25, -0.2) is 0 Å². The summed E-state index contributed by atoms with van der Waals surface area (Å²) in [6, 6.07) is 6.85. The molecule has 1 atom stereocenters. The summed E-state index contributed by atoms with van der Waals surface area (Å²) in [6.45, 7) is 2.04. The summed E-state index contributed by atoms with van der Waals surface area (Å²) in [6.07, 6.45) is 0.924. The lowest BCUT2D eigenvalue weighted by molar-refractivity contribution is 0.100. The Bertz CT molecular complexity index is 464. The van der Waals surface area contributed by atoms with Crippen molar-refractivity contribution in [2.45, 2.75) is 18.7 Å². The molecule has 1 aliphatic heterocycles. The average molecular weight is 269 g/mol. The second kappa shape index (κ2) is 5.53. The first kappa shape index (κ1) is 12.4. The number of halogens is 1. The Balaban J connectivity index is 2.12. The first-order valence-corrected chi connectivity index (χ1v) is 6.47. The van der Waals surface area contributed by atoms with Crippen LogP contribution in [0, 0.1) is 0 Å². The Labute approximate surface area is 109 Å². The summed E-state index contributed by atoms with van der Waals surface area (Å²) in [5.74, 6) is -0.361. The van der Waals surface area contributed by atoms with E-state index in [2.05, 4.69) is 15.8 Å². The van der Waals surface area contributed by atoms with Gasteiger partial charge in [0.15, 0.2) is 0 Å². The molecule has 6 heteroatoms. The summed E-state index contributed by atoms with van der Waals surface area (Å²) < 4.78 is 0. The lowest BCUT2D eigenvalue weighted by Gasteiger charge is -1.99. The molecule has 1 N–H and O–H groups in total. The normalized spacial score (nSPS) is 21.5. The molecule has 0 bridgehead atoms. The molecule has 4 nitrogen and oxygen atoms in total. The third-order valence-corrected chi connectivity index (χ3v) is 3.67. The minimum absolute atomic E-state index is 0.202. The van der Waals surface area contributed by atoms with Gasteiger partial charge in [-0.2, -0.15) is 15.8 Å². The molecule has 17 heavy (non-hydrogen) atoms. The number of carbonyl (C=O) groups is 1. The zero-order valence-corrected chi connectivity index (χ0v) is 10.8. The summed E-state index contributed by atoms with van der Waals surface area (Å²) in [5, 5.41) is 1.07. The van der Waals surface area contributed by atoms with Crippen LogP contribution in [0.5, 0.6) is 0 Å². The molecule has 0 aromatic heterocycles. The van der Waals surface area contributed by atoms with Crippen LogP contribution in [0.3, 0.4) is 0 Å². The van der Waals surface area contributed by atoms with E-state index in [1.165, 1.54) is 11.8 Å². The van der Waals surface area contributed by atoms with E-state index < -0.39 is 0 Å². The minimum Gasteiger partial charge on any atom is -0.267 e. The Kier molecular flexibility index (Phi) is 4.04. The monoisotopic (exact) mass is 268 g/mol. The molecule has 2 rings (SSSR count).